The van der Waals surface area contributed by atoms with Gasteiger partial charge in [-0.15, -0.1) is 0 Å². The van der Waals surface area contributed by atoms with Gasteiger partial charge in [0.1, 0.15) is 0 Å². The average molecular weight is 201 g/mol. The van der Waals surface area contributed by atoms with E-state index in [0.717, 1.165) is 19.6 Å². The van der Waals surface area contributed by atoms with Gasteiger partial charge in [0.15, 0.2) is 0 Å². The predicted molar refractivity (Wildman–Crippen MR) is 59.3 cm³/mol. The van der Waals surface area contributed by atoms with E-state index in [4.69, 9.17) is 0 Å². The first-order valence-corrected chi connectivity index (χ1v) is 5.18. The van der Waals surface area contributed by atoms with Crippen LogP contribution in [0.4, 0.5) is 0 Å². The van der Waals surface area contributed by atoms with Gasteiger partial charge in [0, 0.05) is 32.1 Å². The molecule has 14 heavy (non-hydrogen) atoms. The van der Waals surface area contributed by atoms with Crippen molar-refractivity contribution in [1.29, 1.82) is 0 Å². The molecule has 84 valence electrons. The summed E-state index contributed by atoms with van der Waals surface area (Å²) in [6.45, 7) is 6.71. The molecule has 0 rings (SSSR count). The highest BCUT2D eigenvalue weighted by Crippen LogP contribution is 1.88. The lowest BCUT2D eigenvalue weighted by Gasteiger charge is -2.16. The molecule has 0 fully saturated rings. The van der Waals surface area contributed by atoms with Gasteiger partial charge in [-0.05, 0) is 27.9 Å². The van der Waals surface area contributed by atoms with Crippen molar-refractivity contribution in [3.05, 3.63) is 0 Å². The van der Waals surface area contributed by atoms with E-state index in [9.17, 15) is 4.79 Å². The molecule has 2 N–H and O–H groups in total. The summed E-state index contributed by atoms with van der Waals surface area (Å²) >= 11 is 0. The Morgan fingerprint density at radius 3 is 2.50 bits per heavy atom. The Balaban J connectivity index is 3.45. The second-order valence-electron chi connectivity index (χ2n) is 3.88. The molecule has 0 saturated heterocycles. The van der Waals surface area contributed by atoms with Crippen molar-refractivity contribution in [1.82, 2.24) is 15.5 Å². The third-order valence-electron chi connectivity index (χ3n) is 1.91. The Labute approximate surface area is 87.0 Å². The van der Waals surface area contributed by atoms with Crippen molar-refractivity contribution in [2.75, 3.05) is 33.7 Å². The minimum atomic E-state index is 0.135. The predicted octanol–water partition coefficient (Wildman–Crippen LogP) is 0.0523. The minimum Gasteiger partial charge on any atom is -0.354 e. The zero-order valence-electron chi connectivity index (χ0n) is 9.76. The zero-order chi connectivity index (χ0) is 11.0. The van der Waals surface area contributed by atoms with Crippen LogP contribution in [0.1, 0.15) is 20.3 Å². The molecular formula is C10H23N3O. The molecular weight excluding hydrogens is 178 g/mol. The quantitative estimate of drug-likeness (QED) is 0.612. The first-order chi connectivity index (χ1) is 6.56. The number of nitrogens with zero attached hydrogens (tertiary/aromatic N) is 1. The summed E-state index contributed by atoms with van der Waals surface area (Å²) in [5.74, 6) is 0.135. The van der Waals surface area contributed by atoms with E-state index in [1.165, 1.54) is 0 Å². The van der Waals surface area contributed by atoms with Crippen LogP contribution in [0, 0.1) is 0 Å². The van der Waals surface area contributed by atoms with Gasteiger partial charge in [0.05, 0.1) is 0 Å². The Hall–Kier alpha value is -0.610. The van der Waals surface area contributed by atoms with Crippen LogP contribution in [0.25, 0.3) is 0 Å². The van der Waals surface area contributed by atoms with Gasteiger partial charge >= 0.3 is 0 Å². The molecule has 0 aliphatic carbocycles. The van der Waals surface area contributed by atoms with Crippen LogP contribution in [0.15, 0.2) is 0 Å². The van der Waals surface area contributed by atoms with Crippen LogP contribution in [-0.2, 0) is 4.79 Å². The number of carbonyl (C=O) groups is 1. The van der Waals surface area contributed by atoms with Gasteiger partial charge in [-0.25, -0.2) is 0 Å². The SMILES string of the molecule is CNCCN(C)CCC(=O)NC(C)C. The smallest absolute Gasteiger partial charge is 0.221 e. The van der Waals surface area contributed by atoms with Crippen LogP contribution >= 0.6 is 0 Å². The van der Waals surface area contributed by atoms with Crippen LogP contribution in [0.2, 0.25) is 0 Å². The lowest BCUT2D eigenvalue weighted by Crippen LogP contribution is -2.34. The maximum atomic E-state index is 11.3. The first-order valence-electron chi connectivity index (χ1n) is 5.18. The van der Waals surface area contributed by atoms with Crippen molar-refractivity contribution in [2.45, 2.75) is 26.3 Å². The number of carbonyl (C=O) groups excluding carboxylic acids is 1. The molecule has 4 heteroatoms. The van der Waals surface area contributed by atoms with Gasteiger partial charge in [0.2, 0.25) is 5.91 Å². The van der Waals surface area contributed by atoms with Crippen LogP contribution in [0.3, 0.4) is 0 Å². The van der Waals surface area contributed by atoms with Crippen molar-refractivity contribution in [3.8, 4) is 0 Å². The number of hydrogen-bond donors (Lipinski definition) is 2. The summed E-state index contributed by atoms with van der Waals surface area (Å²) in [6, 6.07) is 0.241. The lowest BCUT2D eigenvalue weighted by atomic mass is 10.3. The molecule has 0 aromatic carbocycles. The molecule has 0 unspecified atom stereocenters. The highest BCUT2D eigenvalue weighted by Gasteiger charge is 2.04. The topological polar surface area (TPSA) is 44.4 Å². The summed E-state index contributed by atoms with van der Waals surface area (Å²) in [6.07, 6.45) is 0.582. The fraction of sp³-hybridized carbons (Fsp3) is 0.900. The van der Waals surface area contributed by atoms with E-state index in [-0.39, 0.29) is 11.9 Å². The maximum absolute atomic E-state index is 11.3. The number of nitrogens with one attached hydrogen (secondary N) is 2. The van der Waals surface area contributed by atoms with Gasteiger partial charge in [-0.3, -0.25) is 4.79 Å². The van der Waals surface area contributed by atoms with E-state index in [1.54, 1.807) is 0 Å². The molecule has 0 saturated carbocycles. The highest BCUT2D eigenvalue weighted by atomic mass is 16.1. The molecule has 0 spiro atoms. The molecule has 0 aromatic heterocycles. The lowest BCUT2D eigenvalue weighted by molar-refractivity contribution is -0.121. The van der Waals surface area contributed by atoms with E-state index < -0.39 is 0 Å². The monoisotopic (exact) mass is 201 g/mol. The molecule has 0 heterocycles. The molecule has 4 nitrogen and oxygen atoms in total. The Kier molecular flexibility index (Phi) is 7.42. The van der Waals surface area contributed by atoms with Crippen molar-refractivity contribution in [2.24, 2.45) is 0 Å². The van der Waals surface area contributed by atoms with Crippen LogP contribution in [-0.4, -0.2) is 50.6 Å². The van der Waals surface area contributed by atoms with E-state index in [0.29, 0.717) is 6.42 Å². The number of likely N-dealkylation sites (N-methyl/N-ethyl adjacent to an activating group) is 2. The van der Waals surface area contributed by atoms with Crippen LogP contribution < -0.4 is 10.6 Å². The molecule has 0 aromatic rings. The Morgan fingerprint density at radius 1 is 1.36 bits per heavy atom. The second-order valence-corrected chi connectivity index (χ2v) is 3.88. The van der Waals surface area contributed by atoms with E-state index >= 15 is 0 Å². The van der Waals surface area contributed by atoms with E-state index in [1.807, 2.05) is 27.9 Å². The summed E-state index contributed by atoms with van der Waals surface area (Å²) in [5, 5.41) is 5.95. The van der Waals surface area contributed by atoms with Gasteiger partial charge in [0.25, 0.3) is 0 Å². The molecule has 0 aliphatic heterocycles. The van der Waals surface area contributed by atoms with Crippen molar-refractivity contribution in [3.63, 3.8) is 0 Å². The summed E-state index contributed by atoms with van der Waals surface area (Å²) in [7, 11) is 3.96. The molecule has 0 radical (unpaired) electrons. The fourth-order valence-corrected chi connectivity index (χ4v) is 1.10. The third-order valence-corrected chi connectivity index (χ3v) is 1.91. The number of hydrogen-bond acceptors (Lipinski definition) is 3. The Morgan fingerprint density at radius 2 is 2.00 bits per heavy atom. The summed E-state index contributed by atoms with van der Waals surface area (Å²) in [4.78, 5) is 13.4. The van der Waals surface area contributed by atoms with Gasteiger partial charge < -0.3 is 15.5 Å². The second kappa shape index (κ2) is 7.76. The largest absolute Gasteiger partial charge is 0.354 e. The number of rotatable bonds is 7. The maximum Gasteiger partial charge on any atom is 0.221 e. The third kappa shape index (κ3) is 8.01. The van der Waals surface area contributed by atoms with Gasteiger partial charge in [-0.2, -0.15) is 0 Å². The first kappa shape index (κ1) is 13.4. The molecule has 0 bridgehead atoms. The van der Waals surface area contributed by atoms with Crippen molar-refractivity contribution < 1.29 is 4.79 Å². The Bertz CT molecular complexity index is 159. The minimum absolute atomic E-state index is 0.135. The van der Waals surface area contributed by atoms with Crippen LogP contribution in [0.5, 0.6) is 0 Å². The van der Waals surface area contributed by atoms with E-state index in [2.05, 4.69) is 15.5 Å². The molecule has 0 aliphatic rings. The molecule has 1 amide bonds. The fourth-order valence-electron chi connectivity index (χ4n) is 1.10. The molecule has 0 atom stereocenters. The number of amides is 1. The van der Waals surface area contributed by atoms with Crippen molar-refractivity contribution >= 4 is 5.91 Å². The highest BCUT2D eigenvalue weighted by molar-refractivity contribution is 5.76. The average Bonchev–Trinajstić information content (AvgIpc) is 2.10. The zero-order valence-corrected chi connectivity index (χ0v) is 9.76. The normalized spacial score (nSPS) is 11.0. The summed E-state index contributed by atoms with van der Waals surface area (Å²) in [5.41, 5.74) is 0. The standard InChI is InChI=1S/C10H23N3O/c1-9(2)12-10(14)5-7-13(4)8-6-11-3/h9,11H,5-8H2,1-4H3,(H,12,14). The summed E-state index contributed by atoms with van der Waals surface area (Å²) < 4.78 is 0. The van der Waals surface area contributed by atoms with Gasteiger partial charge in [-0.1, -0.05) is 0 Å².